The van der Waals surface area contributed by atoms with Gasteiger partial charge in [0.2, 0.25) is 0 Å². The van der Waals surface area contributed by atoms with Gasteiger partial charge in [0.05, 0.1) is 6.10 Å². The highest BCUT2D eigenvalue weighted by Gasteiger charge is 2.65. The zero-order chi connectivity index (χ0) is 9.47. The zero-order valence-corrected chi connectivity index (χ0v) is 9.18. The molecule has 0 amide bonds. The molecule has 2 rings (SSSR count). The molecule has 2 aliphatic carbocycles. The number of hydrogen-bond donors (Lipinski definition) is 0. The quantitative estimate of drug-likeness (QED) is 0.634. The van der Waals surface area contributed by atoms with Crippen LogP contribution in [0.4, 0.5) is 0 Å². The molecule has 0 aromatic carbocycles. The largest absolute Gasteiger partial charge is 0.381 e. The second-order valence-electron chi connectivity index (χ2n) is 5.25. The van der Waals surface area contributed by atoms with E-state index in [1.54, 1.807) is 0 Å². The first kappa shape index (κ1) is 9.51. The monoisotopic (exact) mass is 182 g/mol. The van der Waals surface area contributed by atoms with Crippen LogP contribution in [0.15, 0.2) is 0 Å². The van der Waals surface area contributed by atoms with Crippen molar-refractivity contribution in [1.82, 2.24) is 0 Å². The predicted octanol–water partition coefficient (Wildman–Crippen LogP) is 3.24. The molecule has 0 aromatic heterocycles. The van der Waals surface area contributed by atoms with E-state index >= 15 is 0 Å². The molecule has 2 aliphatic rings. The molecule has 2 fully saturated rings. The van der Waals surface area contributed by atoms with E-state index in [1.807, 2.05) is 7.11 Å². The van der Waals surface area contributed by atoms with Crippen molar-refractivity contribution in [2.45, 2.75) is 52.1 Å². The van der Waals surface area contributed by atoms with Crippen LogP contribution in [-0.2, 0) is 4.74 Å². The normalized spacial score (nSPS) is 43.6. The second-order valence-corrected chi connectivity index (χ2v) is 5.25. The maximum absolute atomic E-state index is 5.60. The van der Waals surface area contributed by atoms with E-state index in [0.29, 0.717) is 6.10 Å². The summed E-state index contributed by atoms with van der Waals surface area (Å²) in [4.78, 5) is 0. The molecule has 1 nitrogen and oxygen atoms in total. The summed E-state index contributed by atoms with van der Waals surface area (Å²) in [5.41, 5.74) is 0.758. The lowest BCUT2D eigenvalue weighted by Crippen LogP contribution is -2.35. The number of rotatable bonds is 5. The van der Waals surface area contributed by atoms with Crippen LogP contribution in [0, 0.1) is 17.3 Å². The van der Waals surface area contributed by atoms with Crippen LogP contribution in [0.3, 0.4) is 0 Å². The van der Waals surface area contributed by atoms with Crippen molar-refractivity contribution in [3.8, 4) is 0 Å². The summed E-state index contributed by atoms with van der Waals surface area (Å²) < 4.78 is 5.60. The minimum absolute atomic E-state index is 0.570. The van der Waals surface area contributed by atoms with E-state index in [4.69, 9.17) is 4.74 Å². The van der Waals surface area contributed by atoms with Crippen LogP contribution in [-0.4, -0.2) is 13.2 Å². The Morgan fingerprint density at radius 1 is 1.46 bits per heavy atom. The Balaban J connectivity index is 1.78. The summed E-state index contributed by atoms with van der Waals surface area (Å²) in [6.07, 6.45) is 7.39. The van der Waals surface area contributed by atoms with Gasteiger partial charge in [-0.25, -0.2) is 0 Å². The molecular formula is C12H22O. The smallest absolute Gasteiger partial charge is 0.0602 e. The van der Waals surface area contributed by atoms with Gasteiger partial charge in [-0.05, 0) is 36.5 Å². The number of hydrogen-bond acceptors (Lipinski definition) is 1. The summed E-state index contributed by atoms with van der Waals surface area (Å²) in [7, 11) is 1.89. The summed E-state index contributed by atoms with van der Waals surface area (Å²) >= 11 is 0. The van der Waals surface area contributed by atoms with Gasteiger partial charge in [0.15, 0.2) is 0 Å². The summed E-state index contributed by atoms with van der Waals surface area (Å²) in [5, 5.41) is 0. The first-order valence-corrected chi connectivity index (χ1v) is 5.74. The van der Waals surface area contributed by atoms with Crippen molar-refractivity contribution >= 4 is 0 Å². The van der Waals surface area contributed by atoms with Crippen molar-refractivity contribution in [2.75, 3.05) is 7.11 Å². The second kappa shape index (κ2) is 3.27. The van der Waals surface area contributed by atoms with Gasteiger partial charge in [-0.15, -0.1) is 0 Å². The highest BCUT2D eigenvalue weighted by atomic mass is 16.5. The third-order valence-electron chi connectivity index (χ3n) is 4.26. The molecule has 4 unspecified atom stereocenters. The van der Waals surface area contributed by atoms with Gasteiger partial charge in [-0.2, -0.15) is 0 Å². The van der Waals surface area contributed by atoms with E-state index in [0.717, 1.165) is 17.3 Å². The lowest BCUT2D eigenvalue weighted by atomic mass is 9.72. The minimum atomic E-state index is 0.570. The third-order valence-corrected chi connectivity index (χ3v) is 4.26. The van der Waals surface area contributed by atoms with E-state index < -0.39 is 0 Å². The van der Waals surface area contributed by atoms with Crippen molar-refractivity contribution in [1.29, 1.82) is 0 Å². The van der Waals surface area contributed by atoms with Crippen molar-refractivity contribution in [2.24, 2.45) is 17.3 Å². The molecule has 13 heavy (non-hydrogen) atoms. The van der Waals surface area contributed by atoms with Crippen LogP contribution < -0.4 is 0 Å². The highest BCUT2D eigenvalue weighted by molar-refractivity contribution is 5.14. The van der Waals surface area contributed by atoms with Gasteiger partial charge in [0.25, 0.3) is 0 Å². The molecule has 4 atom stereocenters. The molecule has 0 radical (unpaired) electrons. The summed E-state index contributed by atoms with van der Waals surface area (Å²) in [6, 6.07) is 0. The van der Waals surface area contributed by atoms with Crippen LogP contribution in [0.2, 0.25) is 0 Å². The Labute approximate surface area is 81.9 Å². The van der Waals surface area contributed by atoms with E-state index in [-0.39, 0.29) is 0 Å². The third kappa shape index (κ3) is 1.52. The Morgan fingerprint density at radius 3 is 2.62 bits per heavy atom. The highest BCUT2D eigenvalue weighted by Crippen LogP contribution is 2.71. The SMILES string of the molecule is CCCCC(OC)C1CC2(C)CC12. The predicted molar refractivity (Wildman–Crippen MR) is 54.6 cm³/mol. The Morgan fingerprint density at radius 2 is 2.23 bits per heavy atom. The molecular weight excluding hydrogens is 160 g/mol. The molecule has 0 bridgehead atoms. The number of unbranched alkanes of at least 4 members (excludes halogenated alkanes) is 1. The fraction of sp³-hybridized carbons (Fsp3) is 1.00. The molecule has 0 heterocycles. The van der Waals surface area contributed by atoms with Crippen molar-refractivity contribution in [3.63, 3.8) is 0 Å². The lowest BCUT2D eigenvalue weighted by molar-refractivity contribution is -0.0125. The lowest BCUT2D eigenvalue weighted by Gasteiger charge is -2.37. The number of ether oxygens (including phenoxy) is 1. The van der Waals surface area contributed by atoms with Gasteiger partial charge in [-0.1, -0.05) is 26.7 Å². The topological polar surface area (TPSA) is 9.23 Å². The maximum Gasteiger partial charge on any atom is 0.0602 e. The fourth-order valence-corrected chi connectivity index (χ4v) is 3.17. The Kier molecular flexibility index (Phi) is 2.39. The van der Waals surface area contributed by atoms with E-state index in [1.165, 1.54) is 32.1 Å². The molecule has 0 spiro atoms. The number of methoxy groups -OCH3 is 1. The molecule has 0 saturated heterocycles. The average Bonchev–Trinajstić information content (AvgIpc) is 2.65. The van der Waals surface area contributed by atoms with Gasteiger partial charge >= 0.3 is 0 Å². The van der Waals surface area contributed by atoms with Crippen LogP contribution >= 0.6 is 0 Å². The Hall–Kier alpha value is -0.0400. The molecule has 0 aromatic rings. The maximum atomic E-state index is 5.60. The zero-order valence-electron chi connectivity index (χ0n) is 9.18. The van der Waals surface area contributed by atoms with Gasteiger partial charge < -0.3 is 4.74 Å². The van der Waals surface area contributed by atoms with Gasteiger partial charge in [0, 0.05) is 7.11 Å². The number of fused-ring (bicyclic) bond motifs is 1. The van der Waals surface area contributed by atoms with Crippen LogP contribution in [0.1, 0.15) is 46.0 Å². The van der Waals surface area contributed by atoms with Gasteiger partial charge in [0.1, 0.15) is 0 Å². The molecule has 2 saturated carbocycles. The molecule has 76 valence electrons. The Bertz CT molecular complexity index is 190. The molecule has 0 aliphatic heterocycles. The first-order chi connectivity index (χ1) is 6.21. The fourth-order valence-electron chi connectivity index (χ4n) is 3.17. The standard InChI is InChI=1S/C12H22O/c1-4-5-6-11(13-3)9-7-12(2)8-10(9)12/h9-11H,4-8H2,1-3H3. The van der Waals surface area contributed by atoms with Crippen LogP contribution in [0.5, 0.6) is 0 Å². The van der Waals surface area contributed by atoms with Crippen LogP contribution in [0.25, 0.3) is 0 Å². The molecule has 1 heteroatoms. The summed E-state index contributed by atoms with van der Waals surface area (Å²) in [5.74, 6) is 1.93. The first-order valence-electron chi connectivity index (χ1n) is 5.74. The molecule has 0 N–H and O–H groups in total. The van der Waals surface area contributed by atoms with Crippen molar-refractivity contribution < 1.29 is 4.74 Å². The summed E-state index contributed by atoms with van der Waals surface area (Å²) in [6.45, 7) is 4.69. The average molecular weight is 182 g/mol. The van der Waals surface area contributed by atoms with Crippen molar-refractivity contribution in [3.05, 3.63) is 0 Å². The van der Waals surface area contributed by atoms with E-state index in [2.05, 4.69) is 13.8 Å². The van der Waals surface area contributed by atoms with E-state index in [9.17, 15) is 0 Å². The van der Waals surface area contributed by atoms with Gasteiger partial charge in [-0.3, -0.25) is 0 Å². The minimum Gasteiger partial charge on any atom is -0.381 e.